The maximum Gasteiger partial charge on any atom is 0.156 e. The average Bonchev–Trinajstić information content (AvgIpc) is 2.18. The monoisotopic (exact) mass is 315 g/mol. The summed E-state index contributed by atoms with van der Waals surface area (Å²) in [5.41, 5.74) is 6.53. The fourth-order valence-electron chi connectivity index (χ4n) is 1.80. The Morgan fingerprint density at radius 3 is 2.40 bits per heavy atom. The van der Waals surface area contributed by atoms with Gasteiger partial charge in [-0.2, -0.15) is 0 Å². The van der Waals surface area contributed by atoms with Crippen molar-refractivity contribution in [3.8, 4) is 0 Å². The minimum atomic E-state index is -0.511. The van der Waals surface area contributed by atoms with Crippen LogP contribution in [0.2, 0.25) is 0 Å². The van der Waals surface area contributed by atoms with E-state index in [1.807, 2.05) is 24.3 Å². The van der Waals surface area contributed by atoms with Crippen LogP contribution in [-0.2, 0) is 11.2 Å². The van der Waals surface area contributed by atoms with Gasteiger partial charge < -0.3 is 5.73 Å². The van der Waals surface area contributed by atoms with Crippen LogP contribution in [0.15, 0.2) is 24.3 Å². The van der Waals surface area contributed by atoms with Crippen molar-refractivity contribution in [2.24, 2.45) is 5.73 Å². The fourth-order valence-corrected chi connectivity index (χ4v) is 2.16. The van der Waals surface area contributed by atoms with E-state index in [9.17, 15) is 4.79 Å². The van der Waals surface area contributed by atoms with Crippen molar-refractivity contribution in [1.29, 1.82) is 0 Å². The predicted molar refractivity (Wildman–Crippen MR) is 68.6 cm³/mol. The van der Waals surface area contributed by atoms with E-state index in [-0.39, 0.29) is 5.78 Å². The number of hydrogen-bond donors (Lipinski definition) is 1. The highest BCUT2D eigenvalue weighted by Crippen LogP contribution is 2.30. The number of Topliss-reactive ketones (excluding diaryl/α,β-unsaturated/α-hetero) is 1. The van der Waals surface area contributed by atoms with Crippen molar-refractivity contribution in [2.45, 2.75) is 31.2 Å². The Kier molecular flexibility index (Phi) is 3.11. The average molecular weight is 315 g/mol. The normalized spacial score (nSPS) is 18.3. The van der Waals surface area contributed by atoms with E-state index < -0.39 is 5.54 Å². The molecule has 1 aliphatic carbocycles. The maximum absolute atomic E-state index is 11.9. The van der Waals surface area contributed by atoms with Crippen LogP contribution < -0.4 is 5.73 Å². The first-order chi connectivity index (χ1) is 7.10. The third-order valence-electron chi connectivity index (χ3n) is 3.08. The van der Waals surface area contributed by atoms with Gasteiger partial charge in [0.15, 0.2) is 5.78 Å². The van der Waals surface area contributed by atoms with Crippen LogP contribution in [-0.4, -0.2) is 11.3 Å². The van der Waals surface area contributed by atoms with Crippen molar-refractivity contribution in [3.63, 3.8) is 0 Å². The van der Waals surface area contributed by atoms with Crippen molar-refractivity contribution >= 4 is 28.4 Å². The van der Waals surface area contributed by atoms with E-state index in [2.05, 4.69) is 22.6 Å². The number of halogens is 1. The molecule has 0 heterocycles. The zero-order valence-corrected chi connectivity index (χ0v) is 10.7. The van der Waals surface area contributed by atoms with E-state index in [1.165, 1.54) is 3.57 Å². The van der Waals surface area contributed by atoms with E-state index in [1.54, 1.807) is 0 Å². The van der Waals surface area contributed by atoms with Gasteiger partial charge >= 0.3 is 0 Å². The first-order valence-corrected chi connectivity index (χ1v) is 6.25. The second-order valence-corrected chi connectivity index (χ2v) is 5.48. The second-order valence-electron chi connectivity index (χ2n) is 4.24. The molecule has 0 bridgehead atoms. The second kappa shape index (κ2) is 4.22. The molecule has 1 aliphatic rings. The number of benzene rings is 1. The van der Waals surface area contributed by atoms with Crippen LogP contribution >= 0.6 is 22.6 Å². The number of nitrogens with two attached hydrogens (primary N) is 1. The predicted octanol–water partition coefficient (Wildman–Crippen LogP) is 2.28. The molecule has 15 heavy (non-hydrogen) atoms. The Balaban J connectivity index is 2.02. The number of hydrogen-bond acceptors (Lipinski definition) is 2. The molecule has 1 saturated carbocycles. The zero-order valence-electron chi connectivity index (χ0n) is 8.50. The molecule has 0 atom stereocenters. The third-order valence-corrected chi connectivity index (χ3v) is 3.80. The smallest absolute Gasteiger partial charge is 0.156 e. The highest BCUT2D eigenvalue weighted by Gasteiger charge is 2.39. The molecule has 3 heteroatoms. The number of rotatable bonds is 3. The Morgan fingerprint density at radius 2 is 1.93 bits per heavy atom. The minimum Gasteiger partial charge on any atom is -0.319 e. The summed E-state index contributed by atoms with van der Waals surface area (Å²) in [6.45, 7) is 0. The lowest BCUT2D eigenvalue weighted by Crippen LogP contribution is -2.54. The Bertz CT molecular complexity index is 368. The Hall–Kier alpha value is -0.420. The van der Waals surface area contributed by atoms with Gasteiger partial charge in [-0.05, 0) is 59.5 Å². The van der Waals surface area contributed by atoms with Crippen LogP contribution in [0.5, 0.6) is 0 Å². The largest absolute Gasteiger partial charge is 0.319 e. The first kappa shape index (κ1) is 11.1. The van der Waals surface area contributed by atoms with Crippen LogP contribution in [0.25, 0.3) is 0 Å². The van der Waals surface area contributed by atoms with Crippen molar-refractivity contribution in [3.05, 3.63) is 33.4 Å². The number of carbonyl (C=O) groups excluding carboxylic acids is 1. The van der Waals surface area contributed by atoms with Crippen molar-refractivity contribution in [2.75, 3.05) is 0 Å². The fraction of sp³-hybridized carbons (Fsp3) is 0.417. The lowest BCUT2D eigenvalue weighted by Gasteiger charge is -2.36. The summed E-state index contributed by atoms with van der Waals surface area (Å²) in [6.07, 6.45) is 3.29. The van der Waals surface area contributed by atoms with Gasteiger partial charge in [0.25, 0.3) is 0 Å². The van der Waals surface area contributed by atoms with Crippen molar-refractivity contribution < 1.29 is 4.79 Å². The highest BCUT2D eigenvalue weighted by molar-refractivity contribution is 14.1. The van der Waals surface area contributed by atoms with Crippen LogP contribution in [0.1, 0.15) is 24.8 Å². The number of carbonyl (C=O) groups is 1. The molecule has 1 aromatic rings. The van der Waals surface area contributed by atoms with Gasteiger partial charge in [-0.1, -0.05) is 12.1 Å². The molecular formula is C12H14INO. The molecule has 2 nitrogen and oxygen atoms in total. The van der Waals surface area contributed by atoms with Crippen LogP contribution in [0.3, 0.4) is 0 Å². The first-order valence-electron chi connectivity index (χ1n) is 5.17. The quantitative estimate of drug-likeness (QED) is 0.870. The summed E-state index contributed by atoms with van der Waals surface area (Å²) in [5.74, 6) is 0.190. The van der Waals surface area contributed by atoms with Crippen LogP contribution in [0, 0.1) is 3.57 Å². The van der Waals surface area contributed by atoms with Crippen molar-refractivity contribution in [1.82, 2.24) is 0 Å². The van der Waals surface area contributed by atoms with Crippen LogP contribution in [0.4, 0.5) is 0 Å². The highest BCUT2D eigenvalue weighted by atomic mass is 127. The third kappa shape index (κ3) is 2.39. The summed E-state index contributed by atoms with van der Waals surface area (Å²) < 4.78 is 1.19. The Morgan fingerprint density at radius 1 is 1.33 bits per heavy atom. The molecule has 0 saturated heterocycles. The SMILES string of the molecule is NC1(C(=O)Cc2ccc(I)cc2)CCC1. The van der Waals surface area contributed by atoms with E-state index in [4.69, 9.17) is 5.73 Å². The summed E-state index contributed by atoms with van der Waals surface area (Å²) in [7, 11) is 0. The molecule has 0 spiro atoms. The molecule has 0 unspecified atom stereocenters. The zero-order chi connectivity index (χ0) is 10.9. The van der Waals surface area contributed by atoms with Gasteiger partial charge in [0.1, 0.15) is 0 Å². The van der Waals surface area contributed by atoms with E-state index in [0.717, 1.165) is 24.8 Å². The molecule has 0 aliphatic heterocycles. The van der Waals surface area contributed by atoms with Gasteiger partial charge in [0, 0.05) is 9.99 Å². The standard InChI is InChI=1S/C12H14INO/c13-10-4-2-9(3-5-10)8-11(15)12(14)6-1-7-12/h2-5H,1,6-8,14H2. The Labute approximate surface area is 103 Å². The molecule has 1 aromatic carbocycles. The maximum atomic E-state index is 11.9. The van der Waals surface area contributed by atoms with E-state index >= 15 is 0 Å². The van der Waals surface area contributed by atoms with Gasteiger partial charge in [-0.15, -0.1) is 0 Å². The molecular weight excluding hydrogens is 301 g/mol. The lowest BCUT2D eigenvalue weighted by molar-refractivity contribution is -0.126. The molecule has 0 aromatic heterocycles. The molecule has 0 radical (unpaired) electrons. The number of ketones is 1. The molecule has 1 fully saturated rings. The lowest BCUT2D eigenvalue weighted by atomic mass is 9.73. The molecule has 80 valence electrons. The molecule has 2 N–H and O–H groups in total. The molecule has 2 rings (SSSR count). The summed E-state index contributed by atoms with van der Waals surface area (Å²) >= 11 is 2.26. The van der Waals surface area contributed by atoms with Gasteiger partial charge in [0.2, 0.25) is 0 Å². The van der Waals surface area contributed by atoms with Gasteiger partial charge in [-0.25, -0.2) is 0 Å². The minimum absolute atomic E-state index is 0.190. The topological polar surface area (TPSA) is 43.1 Å². The molecule has 0 amide bonds. The summed E-state index contributed by atoms with van der Waals surface area (Å²) in [4.78, 5) is 11.9. The van der Waals surface area contributed by atoms with Gasteiger partial charge in [-0.3, -0.25) is 4.79 Å². The summed E-state index contributed by atoms with van der Waals surface area (Å²) in [6, 6.07) is 8.05. The van der Waals surface area contributed by atoms with Gasteiger partial charge in [0.05, 0.1) is 5.54 Å². The van der Waals surface area contributed by atoms with E-state index in [0.29, 0.717) is 6.42 Å². The summed E-state index contributed by atoms with van der Waals surface area (Å²) in [5, 5.41) is 0.